The minimum atomic E-state index is -0.826. The Morgan fingerprint density at radius 2 is 2.06 bits per heavy atom. The highest BCUT2D eigenvalue weighted by Gasteiger charge is 2.51. The highest BCUT2D eigenvalue weighted by atomic mass is 16.3. The summed E-state index contributed by atoms with van der Waals surface area (Å²) < 4.78 is 0. The molecule has 84 valence electrons. The normalized spacial score (nSPS) is 33.2. The molecule has 2 aliphatic heterocycles. The molecule has 3 heteroatoms. The van der Waals surface area contributed by atoms with Gasteiger partial charge in [0.05, 0.1) is 6.04 Å². The molecular weight excluding hydrogens is 202 g/mol. The first-order chi connectivity index (χ1) is 7.72. The molecule has 0 bridgehead atoms. The molecule has 1 aromatic rings. The zero-order valence-corrected chi connectivity index (χ0v) is 9.10. The van der Waals surface area contributed by atoms with Crippen molar-refractivity contribution in [2.75, 3.05) is 6.54 Å². The number of fused-ring (bicyclic) bond motifs is 1. The van der Waals surface area contributed by atoms with Crippen LogP contribution in [-0.4, -0.2) is 28.5 Å². The summed E-state index contributed by atoms with van der Waals surface area (Å²) in [7, 11) is 0. The van der Waals surface area contributed by atoms with Crippen molar-refractivity contribution in [3.8, 4) is 0 Å². The smallest absolute Gasteiger partial charge is 0.223 e. The standard InChI is InChI=1S/C13H15NO2/c15-12-6-8-13(16,11-7-9-14(11)12)10-4-2-1-3-5-10/h1-5,11,16H,6-9H2. The second kappa shape index (κ2) is 3.32. The van der Waals surface area contributed by atoms with Gasteiger partial charge in [0.1, 0.15) is 5.60 Å². The molecule has 2 atom stereocenters. The summed E-state index contributed by atoms with van der Waals surface area (Å²) in [6.45, 7) is 0.804. The molecule has 0 aromatic heterocycles. The van der Waals surface area contributed by atoms with Crippen LogP contribution in [0.2, 0.25) is 0 Å². The lowest BCUT2D eigenvalue weighted by Gasteiger charge is -2.53. The van der Waals surface area contributed by atoms with Crippen molar-refractivity contribution in [1.29, 1.82) is 0 Å². The number of hydrogen-bond acceptors (Lipinski definition) is 2. The first-order valence-corrected chi connectivity index (χ1v) is 5.79. The molecule has 3 nitrogen and oxygen atoms in total. The number of hydrogen-bond donors (Lipinski definition) is 1. The molecule has 2 aliphatic rings. The highest BCUT2D eigenvalue weighted by Crippen LogP contribution is 2.43. The van der Waals surface area contributed by atoms with Crippen molar-refractivity contribution in [3.05, 3.63) is 35.9 Å². The summed E-state index contributed by atoms with van der Waals surface area (Å²) >= 11 is 0. The summed E-state index contributed by atoms with van der Waals surface area (Å²) in [5.41, 5.74) is 0.116. The Bertz CT molecular complexity index is 417. The first-order valence-electron chi connectivity index (χ1n) is 5.79. The quantitative estimate of drug-likeness (QED) is 0.769. The summed E-state index contributed by atoms with van der Waals surface area (Å²) in [5, 5.41) is 10.8. The average molecular weight is 217 g/mol. The van der Waals surface area contributed by atoms with Crippen LogP contribution in [0, 0.1) is 0 Å². The molecule has 1 amide bonds. The predicted octanol–water partition coefficient (Wildman–Crippen LogP) is 1.27. The van der Waals surface area contributed by atoms with Gasteiger partial charge < -0.3 is 10.0 Å². The molecule has 1 N–H and O–H groups in total. The molecule has 2 heterocycles. The van der Waals surface area contributed by atoms with E-state index in [1.165, 1.54) is 0 Å². The van der Waals surface area contributed by atoms with Crippen molar-refractivity contribution in [3.63, 3.8) is 0 Å². The van der Waals surface area contributed by atoms with Crippen LogP contribution < -0.4 is 0 Å². The van der Waals surface area contributed by atoms with Crippen LogP contribution in [0.25, 0.3) is 0 Å². The Hall–Kier alpha value is -1.35. The van der Waals surface area contributed by atoms with Crippen LogP contribution in [0.4, 0.5) is 0 Å². The van der Waals surface area contributed by atoms with Crippen LogP contribution in [0.15, 0.2) is 30.3 Å². The van der Waals surface area contributed by atoms with E-state index in [1.807, 2.05) is 35.2 Å². The van der Waals surface area contributed by atoms with E-state index in [0.717, 1.165) is 18.5 Å². The lowest BCUT2D eigenvalue weighted by atomic mass is 9.73. The van der Waals surface area contributed by atoms with Crippen LogP contribution in [0.3, 0.4) is 0 Å². The largest absolute Gasteiger partial charge is 0.383 e. The van der Waals surface area contributed by atoms with Gasteiger partial charge in [-0.15, -0.1) is 0 Å². The lowest BCUT2D eigenvalue weighted by molar-refractivity contribution is -0.169. The molecule has 0 spiro atoms. The Kier molecular flexibility index (Phi) is 2.04. The fraction of sp³-hybridized carbons (Fsp3) is 0.462. The number of nitrogens with zero attached hydrogens (tertiary/aromatic N) is 1. The van der Waals surface area contributed by atoms with E-state index in [1.54, 1.807) is 0 Å². The van der Waals surface area contributed by atoms with Gasteiger partial charge in [-0.05, 0) is 18.4 Å². The third-order valence-electron chi connectivity index (χ3n) is 3.88. The molecule has 16 heavy (non-hydrogen) atoms. The van der Waals surface area contributed by atoms with Crippen molar-refractivity contribution in [2.24, 2.45) is 0 Å². The van der Waals surface area contributed by atoms with Gasteiger partial charge in [0.2, 0.25) is 5.91 Å². The number of carbonyl (C=O) groups excluding carboxylic acids is 1. The monoisotopic (exact) mass is 217 g/mol. The first kappa shape index (κ1) is 9.85. The Balaban J connectivity index is 1.96. The zero-order valence-electron chi connectivity index (χ0n) is 9.10. The van der Waals surface area contributed by atoms with E-state index in [-0.39, 0.29) is 11.9 Å². The number of piperidine rings is 1. The maximum atomic E-state index is 11.6. The number of carbonyl (C=O) groups is 1. The van der Waals surface area contributed by atoms with Crippen molar-refractivity contribution < 1.29 is 9.90 Å². The number of aliphatic hydroxyl groups is 1. The predicted molar refractivity (Wildman–Crippen MR) is 59.7 cm³/mol. The van der Waals surface area contributed by atoms with Crippen molar-refractivity contribution in [1.82, 2.24) is 4.90 Å². The van der Waals surface area contributed by atoms with E-state index < -0.39 is 5.60 Å². The summed E-state index contributed by atoms with van der Waals surface area (Å²) in [6, 6.07) is 9.72. The SMILES string of the molecule is O=C1CCC(O)(c2ccccc2)C2CCN12. The lowest BCUT2D eigenvalue weighted by Crippen LogP contribution is -2.64. The Morgan fingerprint density at radius 3 is 2.69 bits per heavy atom. The number of rotatable bonds is 1. The van der Waals surface area contributed by atoms with E-state index in [4.69, 9.17) is 0 Å². The molecule has 2 unspecified atom stereocenters. The summed E-state index contributed by atoms with van der Waals surface area (Å²) in [5.74, 6) is 0.192. The molecular formula is C13H15NO2. The Labute approximate surface area is 94.7 Å². The van der Waals surface area contributed by atoms with Crippen molar-refractivity contribution >= 4 is 5.91 Å². The fourth-order valence-electron chi connectivity index (χ4n) is 2.85. The second-order valence-corrected chi connectivity index (χ2v) is 4.68. The fourth-order valence-corrected chi connectivity index (χ4v) is 2.85. The van der Waals surface area contributed by atoms with Gasteiger partial charge in [-0.2, -0.15) is 0 Å². The van der Waals surface area contributed by atoms with Gasteiger partial charge in [0.25, 0.3) is 0 Å². The molecule has 2 fully saturated rings. The number of amides is 1. The molecule has 0 aliphatic carbocycles. The molecule has 0 saturated carbocycles. The Morgan fingerprint density at radius 1 is 1.31 bits per heavy atom. The minimum absolute atomic E-state index is 0.00356. The van der Waals surface area contributed by atoms with Gasteiger partial charge in [0, 0.05) is 13.0 Å². The average Bonchev–Trinajstić information content (AvgIpc) is 2.25. The zero-order chi connectivity index (χ0) is 11.2. The summed E-state index contributed by atoms with van der Waals surface area (Å²) in [6.07, 6.45) is 1.93. The second-order valence-electron chi connectivity index (χ2n) is 4.68. The van der Waals surface area contributed by atoms with Crippen molar-refractivity contribution in [2.45, 2.75) is 30.9 Å². The maximum absolute atomic E-state index is 11.6. The van der Waals surface area contributed by atoms with Crippen LogP contribution in [0.5, 0.6) is 0 Å². The van der Waals surface area contributed by atoms with Gasteiger partial charge in [-0.3, -0.25) is 4.79 Å². The highest BCUT2D eigenvalue weighted by molar-refractivity contribution is 5.79. The van der Waals surface area contributed by atoms with Gasteiger partial charge in [-0.1, -0.05) is 30.3 Å². The number of benzene rings is 1. The molecule has 0 radical (unpaired) electrons. The topological polar surface area (TPSA) is 40.5 Å². The molecule has 1 aromatic carbocycles. The van der Waals surface area contributed by atoms with E-state index in [0.29, 0.717) is 12.8 Å². The van der Waals surface area contributed by atoms with Gasteiger partial charge >= 0.3 is 0 Å². The van der Waals surface area contributed by atoms with E-state index >= 15 is 0 Å². The third-order valence-corrected chi connectivity index (χ3v) is 3.88. The van der Waals surface area contributed by atoms with Gasteiger partial charge in [0.15, 0.2) is 0 Å². The maximum Gasteiger partial charge on any atom is 0.223 e. The minimum Gasteiger partial charge on any atom is -0.383 e. The van der Waals surface area contributed by atoms with Gasteiger partial charge in [-0.25, -0.2) is 0 Å². The molecule has 2 saturated heterocycles. The van der Waals surface area contributed by atoms with Crippen LogP contribution >= 0.6 is 0 Å². The van der Waals surface area contributed by atoms with E-state index in [9.17, 15) is 9.90 Å². The molecule has 3 rings (SSSR count). The van der Waals surface area contributed by atoms with E-state index in [2.05, 4.69) is 0 Å². The van der Waals surface area contributed by atoms with Crippen LogP contribution in [-0.2, 0) is 10.4 Å². The summed E-state index contributed by atoms with van der Waals surface area (Å²) in [4.78, 5) is 13.4. The third kappa shape index (κ3) is 1.21. The van der Waals surface area contributed by atoms with Crippen LogP contribution in [0.1, 0.15) is 24.8 Å².